The molecule has 3 aromatic rings. The van der Waals surface area contributed by atoms with Crippen molar-refractivity contribution in [3.05, 3.63) is 83.5 Å². The number of halogens is 1. The van der Waals surface area contributed by atoms with Gasteiger partial charge in [-0.2, -0.15) is 0 Å². The Morgan fingerprint density at radius 2 is 2.00 bits per heavy atom. The lowest BCUT2D eigenvalue weighted by Crippen LogP contribution is -2.16. The molecule has 1 radical (unpaired) electrons. The molecule has 2 nitrogen and oxygen atoms in total. The number of hydrogen-bond donors (Lipinski definition) is 1. The lowest BCUT2D eigenvalue weighted by Gasteiger charge is -2.18. The summed E-state index contributed by atoms with van der Waals surface area (Å²) in [5, 5.41) is 4.30. The van der Waals surface area contributed by atoms with Crippen LogP contribution in [0.5, 0.6) is 0 Å². The van der Waals surface area contributed by atoms with E-state index in [0.29, 0.717) is 6.04 Å². The van der Waals surface area contributed by atoms with Crippen molar-refractivity contribution < 1.29 is 0 Å². The highest BCUT2D eigenvalue weighted by molar-refractivity contribution is 6.31. The summed E-state index contributed by atoms with van der Waals surface area (Å²) in [4.78, 5) is 4.43. The van der Waals surface area contributed by atoms with E-state index in [-0.39, 0.29) is 0 Å². The summed E-state index contributed by atoms with van der Waals surface area (Å²) in [5.74, 6) is 0. The van der Waals surface area contributed by atoms with Gasteiger partial charge >= 0.3 is 0 Å². The molecule has 0 saturated carbocycles. The van der Waals surface area contributed by atoms with Gasteiger partial charge in [0.05, 0.1) is 5.69 Å². The van der Waals surface area contributed by atoms with Crippen LogP contribution in [0.25, 0.3) is 11.3 Å². The van der Waals surface area contributed by atoms with Crippen molar-refractivity contribution in [1.82, 2.24) is 4.98 Å². The van der Waals surface area contributed by atoms with Crippen molar-refractivity contribution in [2.75, 3.05) is 5.32 Å². The Morgan fingerprint density at radius 3 is 2.75 bits per heavy atom. The monoisotopic (exact) mass is 335 g/mol. The lowest BCUT2D eigenvalue weighted by atomic mass is 10.0. The Kier molecular flexibility index (Phi) is 5.50. The van der Waals surface area contributed by atoms with Crippen molar-refractivity contribution in [3.63, 3.8) is 0 Å². The van der Waals surface area contributed by atoms with Gasteiger partial charge < -0.3 is 5.32 Å². The Morgan fingerprint density at radius 1 is 1.17 bits per heavy atom. The predicted octanol–water partition coefficient (Wildman–Crippen LogP) is 5.64. The van der Waals surface area contributed by atoms with Crippen molar-refractivity contribution in [3.8, 4) is 11.3 Å². The standard InChI is InChI=1S/C21H20ClN2/c1-16(10-11-17-7-3-2-4-8-17)24-21-15-18(22)12-13-19(21)20-9-5-6-14-23-20/h2-4,6-9,12-16,24H,10-11H2,1H3. The largest absolute Gasteiger partial charge is 0.382 e. The van der Waals surface area contributed by atoms with Crippen LogP contribution in [0.1, 0.15) is 18.9 Å². The van der Waals surface area contributed by atoms with Gasteiger partial charge in [-0.25, -0.2) is 0 Å². The number of pyridine rings is 1. The van der Waals surface area contributed by atoms with Crippen LogP contribution >= 0.6 is 11.6 Å². The number of benzene rings is 2. The van der Waals surface area contributed by atoms with E-state index >= 15 is 0 Å². The zero-order valence-corrected chi connectivity index (χ0v) is 14.4. The Bertz CT molecular complexity index is 772. The first kappa shape index (κ1) is 16.5. The van der Waals surface area contributed by atoms with Crippen molar-refractivity contribution in [2.24, 2.45) is 0 Å². The lowest BCUT2D eigenvalue weighted by molar-refractivity contribution is 0.706. The second-order valence-corrected chi connectivity index (χ2v) is 6.34. The normalized spacial score (nSPS) is 11.9. The summed E-state index contributed by atoms with van der Waals surface area (Å²) in [6, 6.07) is 23.5. The molecule has 0 fully saturated rings. The molecule has 0 spiro atoms. The minimum atomic E-state index is 0.329. The second-order valence-electron chi connectivity index (χ2n) is 5.90. The van der Waals surface area contributed by atoms with Crippen LogP contribution in [0.15, 0.2) is 66.9 Å². The molecule has 1 aromatic heterocycles. The maximum absolute atomic E-state index is 6.19. The number of aromatic nitrogens is 1. The van der Waals surface area contributed by atoms with Crippen molar-refractivity contribution in [1.29, 1.82) is 0 Å². The van der Waals surface area contributed by atoms with Crippen molar-refractivity contribution in [2.45, 2.75) is 25.8 Å². The molecule has 0 aliphatic rings. The highest BCUT2D eigenvalue weighted by Gasteiger charge is 2.10. The zero-order valence-electron chi connectivity index (χ0n) is 13.7. The van der Waals surface area contributed by atoms with Gasteiger partial charge in [-0.05, 0) is 61.7 Å². The molecular formula is C21H20ClN2. The van der Waals surface area contributed by atoms with Crippen LogP contribution in [0.2, 0.25) is 5.02 Å². The number of nitrogens with zero attached hydrogens (tertiary/aromatic N) is 1. The second kappa shape index (κ2) is 7.98. The van der Waals surface area contributed by atoms with Gasteiger partial charge in [0.25, 0.3) is 0 Å². The molecule has 0 aliphatic heterocycles. The first-order valence-corrected chi connectivity index (χ1v) is 8.52. The summed E-state index contributed by atoms with van der Waals surface area (Å²) in [5.41, 5.74) is 4.31. The van der Waals surface area contributed by atoms with Gasteiger partial charge in [-0.1, -0.05) is 41.9 Å². The molecule has 3 rings (SSSR count). The van der Waals surface area contributed by atoms with Crippen LogP contribution < -0.4 is 5.32 Å². The molecule has 121 valence electrons. The maximum atomic E-state index is 6.19. The molecule has 1 unspecified atom stereocenters. The maximum Gasteiger partial charge on any atom is 0.0728 e. The Hall–Kier alpha value is -2.32. The third-order valence-corrected chi connectivity index (χ3v) is 4.21. The van der Waals surface area contributed by atoms with E-state index in [4.69, 9.17) is 11.6 Å². The fourth-order valence-corrected chi connectivity index (χ4v) is 2.87. The molecule has 3 heteroatoms. The van der Waals surface area contributed by atoms with Gasteiger partial charge in [-0.15, -0.1) is 0 Å². The average Bonchev–Trinajstić information content (AvgIpc) is 2.62. The number of nitrogens with one attached hydrogen (secondary N) is 1. The highest BCUT2D eigenvalue weighted by Crippen LogP contribution is 2.30. The SMILES string of the molecule is CC(CCc1ccccc1)Nc1cc(Cl)ccc1-c1c[c]ccn1. The first-order chi connectivity index (χ1) is 11.7. The number of aryl methyl sites for hydroxylation is 1. The molecule has 1 N–H and O–H groups in total. The molecule has 1 atom stereocenters. The van der Waals surface area contributed by atoms with Gasteiger partial charge in [0.1, 0.15) is 0 Å². The van der Waals surface area contributed by atoms with E-state index in [1.807, 2.05) is 30.3 Å². The van der Waals surface area contributed by atoms with Gasteiger partial charge in [0, 0.05) is 28.5 Å². The number of hydrogen-bond acceptors (Lipinski definition) is 2. The average molecular weight is 336 g/mol. The summed E-state index contributed by atoms with van der Waals surface area (Å²) in [7, 11) is 0. The quantitative estimate of drug-likeness (QED) is 0.631. The van der Waals surface area contributed by atoms with Crippen LogP contribution in [0.3, 0.4) is 0 Å². The van der Waals surface area contributed by atoms with E-state index in [1.54, 1.807) is 12.3 Å². The molecule has 0 aliphatic carbocycles. The molecule has 2 aromatic carbocycles. The fourth-order valence-electron chi connectivity index (χ4n) is 2.70. The van der Waals surface area contributed by atoms with Crippen LogP contribution in [0, 0.1) is 6.07 Å². The minimum absolute atomic E-state index is 0.329. The molecule has 0 amide bonds. The van der Waals surface area contributed by atoms with E-state index < -0.39 is 0 Å². The molecule has 0 bridgehead atoms. The van der Waals surface area contributed by atoms with Crippen LogP contribution in [-0.4, -0.2) is 11.0 Å². The zero-order chi connectivity index (χ0) is 16.8. The fraction of sp³-hybridized carbons (Fsp3) is 0.190. The topological polar surface area (TPSA) is 24.9 Å². The Labute approximate surface area is 148 Å². The first-order valence-electron chi connectivity index (χ1n) is 8.15. The third-order valence-electron chi connectivity index (χ3n) is 3.97. The van der Waals surface area contributed by atoms with E-state index in [0.717, 1.165) is 34.8 Å². The minimum Gasteiger partial charge on any atom is -0.382 e. The predicted molar refractivity (Wildman–Crippen MR) is 101 cm³/mol. The molecular weight excluding hydrogens is 316 g/mol. The third kappa shape index (κ3) is 4.36. The van der Waals surface area contributed by atoms with Gasteiger partial charge in [0.15, 0.2) is 0 Å². The van der Waals surface area contributed by atoms with Crippen LogP contribution in [0.4, 0.5) is 5.69 Å². The summed E-state index contributed by atoms with van der Waals surface area (Å²) in [6.45, 7) is 2.19. The summed E-state index contributed by atoms with van der Waals surface area (Å²) < 4.78 is 0. The Balaban J connectivity index is 1.73. The van der Waals surface area contributed by atoms with Crippen LogP contribution in [-0.2, 0) is 6.42 Å². The number of anilines is 1. The smallest absolute Gasteiger partial charge is 0.0728 e. The van der Waals surface area contributed by atoms with Gasteiger partial charge in [-0.3, -0.25) is 4.98 Å². The molecule has 1 heterocycles. The molecule has 24 heavy (non-hydrogen) atoms. The molecule has 0 saturated heterocycles. The van der Waals surface area contributed by atoms with E-state index in [2.05, 4.69) is 47.6 Å². The number of rotatable bonds is 6. The van der Waals surface area contributed by atoms with Gasteiger partial charge in [0.2, 0.25) is 0 Å². The van der Waals surface area contributed by atoms with E-state index in [9.17, 15) is 0 Å². The van der Waals surface area contributed by atoms with Crippen molar-refractivity contribution >= 4 is 17.3 Å². The summed E-state index contributed by atoms with van der Waals surface area (Å²) >= 11 is 6.19. The van der Waals surface area contributed by atoms with E-state index in [1.165, 1.54) is 5.56 Å². The summed E-state index contributed by atoms with van der Waals surface area (Å²) in [6.07, 6.45) is 3.85. The highest BCUT2D eigenvalue weighted by atomic mass is 35.5.